The molecule has 0 radical (unpaired) electrons. The molecular weight excluding hydrogens is 285 g/mol. The lowest BCUT2D eigenvalue weighted by molar-refractivity contribution is -0.138. The van der Waals surface area contributed by atoms with Crippen molar-refractivity contribution in [1.82, 2.24) is 0 Å². The van der Waals surface area contributed by atoms with Gasteiger partial charge >= 0.3 is 6.18 Å². The molecule has 0 aliphatic heterocycles. The molecule has 0 N–H and O–H groups in total. The molecule has 1 saturated carbocycles. The molecular formula is C19H29F3. The number of hydrogen-bond acceptors (Lipinski definition) is 0. The highest BCUT2D eigenvalue weighted by atomic mass is 19.4. The number of halogens is 3. The summed E-state index contributed by atoms with van der Waals surface area (Å²) < 4.78 is 39.2. The zero-order chi connectivity index (χ0) is 16.8. The first-order chi connectivity index (χ1) is 10.4. The smallest absolute Gasteiger partial charge is 0.166 e. The van der Waals surface area contributed by atoms with Crippen LogP contribution in [0, 0.1) is 11.8 Å². The summed E-state index contributed by atoms with van der Waals surface area (Å²) in [5.41, 5.74) is 0.0644. The molecule has 1 fully saturated rings. The lowest BCUT2D eigenvalue weighted by Gasteiger charge is -2.33. The largest absolute Gasteiger partial charge is 0.416 e. The van der Waals surface area contributed by atoms with Gasteiger partial charge in [0.2, 0.25) is 0 Å². The van der Waals surface area contributed by atoms with Crippen LogP contribution in [0.4, 0.5) is 13.2 Å². The van der Waals surface area contributed by atoms with E-state index in [2.05, 4.69) is 13.8 Å². The molecule has 2 rings (SSSR count). The molecule has 22 heavy (non-hydrogen) atoms. The molecule has 1 aliphatic carbocycles. The minimum atomic E-state index is -4.23. The lowest BCUT2D eigenvalue weighted by atomic mass is 9.73. The average Bonchev–Trinajstić information content (AvgIpc) is 2.55. The van der Waals surface area contributed by atoms with Gasteiger partial charge < -0.3 is 0 Å². The van der Waals surface area contributed by atoms with E-state index in [1.165, 1.54) is 12.1 Å². The van der Waals surface area contributed by atoms with Gasteiger partial charge in [-0.1, -0.05) is 52.3 Å². The van der Waals surface area contributed by atoms with Crippen molar-refractivity contribution < 1.29 is 13.2 Å². The van der Waals surface area contributed by atoms with E-state index in [4.69, 9.17) is 0 Å². The topological polar surface area (TPSA) is 0 Å². The lowest BCUT2D eigenvalue weighted by Crippen LogP contribution is -2.21. The summed E-state index contributed by atoms with van der Waals surface area (Å²) in [6.45, 7) is 8.45. The third-order valence-corrected chi connectivity index (χ3v) is 4.93. The Morgan fingerprint density at radius 2 is 1.59 bits per heavy atom. The molecule has 0 heterocycles. The number of hydrogen-bond donors (Lipinski definition) is 0. The zero-order valence-electron chi connectivity index (χ0n) is 14.2. The van der Waals surface area contributed by atoms with Gasteiger partial charge in [-0.2, -0.15) is 13.2 Å². The van der Waals surface area contributed by atoms with E-state index in [1.54, 1.807) is 12.1 Å². The summed E-state index contributed by atoms with van der Waals surface area (Å²) in [5.74, 6) is 1.45. The average molecular weight is 314 g/mol. The highest BCUT2D eigenvalue weighted by molar-refractivity contribution is 5.33. The molecule has 0 aromatic heterocycles. The van der Waals surface area contributed by atoms with E-state index in [0.717, 1.165) is 32.1 Å². The molecule has 3 heteroatoms. The van der Waals surface area contributed by atoms with Crippen molar-refractivity contribution in [3.05, 3.63) is 35.4 Å². The van der Waals surface area contributed by atoms with Crippen LogP contribution >= 0.6 is 0 Å². The van der Waals surface area contributed by atoms with E-state index in [1.807, 2.05) is 13.8 Å². The Morgan fingerprint density at radius 3 is 2.09 bits per heavy atom. The summed E-state index contributed by atoms with van der Waals surface area (Å²) in [5, 5.41) is 0. The molecule has 0 amide bonds. The highest BCUT2D eigenvalue weighted by Crippen LogP contribution is 2.43. The predicted octanol–water partition coefficient (Wildman–Crippen LogP) is 7.05. The van der Waals surface area contributed by atoms with Crippen molar-refractivity contribution in [2.75, 3.05) is 0 Å². The van der Waals surface area contributed by atoms with Gasteiger partial charge in [-0.05, 0) is 55.1 Å². The molecule has 0 nitrogen and oxygen atoms in total. The normalized spacial score (nSPS) is 23.4. The predicted molar refractivity (Wildman–Crippen MR) is 86.9 cm³/mol. The maximum absolute atomic E-state index is 13.1. The fourth-order valence-corrected chi connectivity index (χ4v) is 3.44. The Morgan fingerprint density at radius 1 is 1.05 bits per heavy atom. The van der Waals surface area contributed by atoms with Gasteiger partial charge in [0.1, 0.15) is 0 Å². The molecule has 1 aliphatic rings. The van der Waals surface area contributed by atoms with Gasteiger partial charge in [0.25, 0.3) is 0 Å². The molecule has 1 atom stereocenters. The van der Waals surface area contributed by atoms with Crippen LogP contribution < -0.4 is 0 Å². The Hall–Kier alpha value is -0.990. The monoisotopic (exact) mass is 314 g/mol. The second-order valence-corrected chi connectivity index (χ2v) is 6.08. The van der Waals surface area contributed by atoms with Gasteiger partial charge in [-0.25, -0.2) is 0 Å². The van der Waals surface area contributed by atoms with Crippen molar-refractivity contribution in [3.8, 4) is 0 Å². The Labute approximate surface area is 133 Å². The maximum atomic E-state index is 13.1. The Kier molecular flexibility index (Phi) is 7.44. The molecule has 0 saturated heterocycles. The first-order valence-electron chi connectivity index (χ1n) is 8.59. The SMILES string of the molecule is CC.CCC(C)C1CCC(c2ccccc2C(F)(F)F)CC1. The van der Waals surface area contributed by atoms with Gasteiger partial charge in [0.05, 0.1) is 5.56 Å². The van der Waals surface area contributed by atoms with Crippen LogP contribution in [0.5, 0.6) is 0 Å². The molecule has 1 unspecified atom stereocenters. The van der Waals surface area contributed by atoms with Gasteiger partial charge in [0.15, 0.2) is 0 Å². The summed E-state index contributed by atoms with van der Waals surface area (Å²) >= 11 is 0. The fraction of sp³-hybridized carbons (Fsp3) is 0.684. The van der Waals surface area contributed by atoms with Gasteiger partial charge in [-0.15, -0.1) is 0 Å². The summed E-state index contributed by atoms with van der Waals surface area (Å²) in [6.07, 6.45) is 0.834. The third-order valence-electron chi connectivity index (χ3n) is 4.93. The van der Waals surface area contributed by atoms with E-state index < -0.39 is 11.7 Å². The first kappa shape index (κ1) is 19.1. The maximum Gasteiger partial charge on any atom is 0.416 e. The van der Waals surface area contributed by atoms with Gasteiger partial charge in [0, 0.05) is 0 Å². The van der Waals surface area contributed by atoms with Crippen LogP contribution in [0.15, 0.2) is 24.3 Å². The van der Waals surface area contributed by atoms with Crippen molar-refractivity contribution in [3.63, 3.8) is 0 Å². The minimum Gasteiger partial charge on any atom is -0.166 e. The van der Waals surface area contributed by atoms with Crippen molar-refractivity contribution >= 4 is 0 Å². The Bertz CT molecular complexity index is 429. The van der Waals surface area contributed by atoms with Crippen molar-refractivity contribution in [2.45, 2.75) is 71.9 Å². The molecule has 0 spiro atoms. The van der Waals surface area contributed by atoms with E-state index in [-0.39, 0.29) is 5.92 Å². The second kappa shape index (κ2) is 8.59. The van der Waals surface area contributed by atoms with Crippen LogP contribution in [0.25, 0.3) is 0 Å². The van der Waals surface area contributed by atoms with Gasteiger partial charge in [-0.3, -0.25) is 0 Å². The number of rotatable bonds is 3. The second-order valence-electron chi connectivity index (χ2n) is 6.08. The van der Waals surface area contributed by atoms with Crippen molar-refractivity contribution in [1.29, 1.82) is 0 Å². The number of benzene rings is 1. The summed E-state index contributed by atoms with van der Waals surface area (Å²) in [6, 6.07) is 6.09. The van der Waals surface area contributed by atoms with Crippen LogP contribution in [0.1, 0.15) is 76.8 Å². The number of alkyl halides is 3. The minimum absolute atomic E-state index is 0.0770. The van der Waals surface area contributed by atoms with Crippen LogP contribution in [-0.4, -0.2) is 0 Å². The summed E-state index contributed by atoms with van der Waals surface area (Å²) in [4.78, 5) is 0. The molecule has 1 aromatic carbocycles. The fourth-order valence-electron chi connectivity index (χ4n) is 3.44. The standard InChI is InChI=1S/C17H23F3.C2H6/c1-3-12(2)13-8-10-14(11-9-13)15-6-4-5-7-16(15)17(18,19)20;1-2/h4-7,12-14H,3,8-11H2,1-2H3;1-2H3. The van der Waals surface area contributed by atoms with Crippen LogP contribution in [-0.2, 0) is 6.18 Å². The van der Waals surface area contributed by atoms with Crippen LogP contribution in [0.2, 0.25) is 0 Å². The molecule has 0 bridgehead atoms. The quantitative estimate of drug-likeness (QED) is 0.560. The van der Waals surface area contributed by atoms with Crippen LogP contribution in [0.3, 0.4) is 0 Å². The first-order valence-corrected chi connectivity index (χ1v) is 8.59. The highest BCUT2D eigenvalue weighted by Gasteiger charge is 2.36. The Balaban J connectivity index is 0.00000116. The third kappa shape index (κ3) is 4.76. The van der Waals surface area contributed by atoms with E-state index in [0.29, 0.717) is 17.4 Å². The molecule has 126 valence electrons. The van der Waals surface area contributed by atoms with Crippen molar-refractivity contribution in [2.24, 2.45) is 11.8 Å². The van der Waals surface area contributed by atoms with E-state index >= 15 is 0 Å². The zero-order valence-corrected chi connectivity index (χ0v) is 14.2. The van der Waals surface area contributed by atoms with E-state index in [9.17, 15) is 13.2 Å². The molecule has 1 aromatic rings. The summed E-state index contributed by atoms with van der Waals surface area (Å²) in [7, 11) is 0.